The Kier molecular flexibility index (Phi) is 4.59. The van der Waals surface area contributed by atoms with E-state index in [1.165, 1.54) is 0 Å². The van der Waals surface area contributed by atoms with Crippen molar-refractivity contribution in [1.29, 1.82) is 0 Å². The van der Waals surface area contributed by atoms with E-state index in [0.717, 1.165) is 11.3 Å². The van der Waals surface area contributed by atoms with Gasteiger partial charge in [-0.3, -0.25) is 0 Å². The number of nitrogens with two attached hydrogens (primary N) is 1. The number of methoxy groups -OCH3 is 1. The second-order valence-electron chi connectivity index (χ2n) is 3.69. The molecule has 1 aromatic rings. The van der Waals surface area contributed by atoms with Gasteiger partial charge >= 0.3 is 0 Å². The largest absolute Gasteiger partial charge is 0.497 e. The predicted octanol–water partition coefficient (Wildman–Crippen LogP) is 2.12. The number of benzene rings is 1. The third kappa shape index (κ3) is 3.53. The first-order valence-electron chi connectivity index (χ1n) is 5.17. The Labute approximate surface area is 91.2 Å². The van der Waals surface area contributed by atoms with E-state index in [4.69, 9.17) is 15.2 Å². The molecule has 1 rings (SSSR count). The number of hydrogen-bond acceptors (Lipinski definition) is 3. The highest BCUT2D eigenvalue weighted by Gasteiger charge is 2.12. The molecule has 0 fully saturated rings. The zero-order chi connectivity index (χ0) is 11.3. The third-order valence-corrected chi connectivity index (χ3v) is 2.12. The maximum Gasteiger partial charge on any atom is 0.119 e. The van der Waals surface area contributed by atoms with E-state index in [1.807, 2.05) is 38.1 Å². The molecule has 0 bridgehead atoms. The topological polar surface area (TPSA) is 44.5 Å². The summed E-state index contributed by atoms with van der Waals surface area (Å²) in [6, 6.07) is 7.81. The van der Waals surface area contributed by atoms with E-state index in [9.17, 15) is 0 Å². The molecule has 1 aromatic carbocycles. The Balaban J connectivity index is 2.81. The monoisotopic (exact) mass is 209 g/mol. The smallest absolute Gasteiger partial charge is 0.119 e. The molecule has 1 unspecified atom stereocenters. The molecule has 15 heavy (non-hydrogen) atoms. The van der Waals surface area contributed by atoms with Crippen LogP contribution in [0.2, 0.25) is 0 Å². The van der Waals surface area contributed by atoms with Crippen molar-refractivity contribution in [2.75, 3.05) is 13.7 Å². The highest BCUT2D eigenvalue weighted by Crippen LogP contribution is 2.22. The second kappa shape index (κ2) is 5.73. The van der Waals surface area contributed by atoms with Crippen molar-refractivity contribution < 1.29 is 9.47 Å². The fourth-order valence-corrected chi connectivity index (χ4v) is 1.44. The van der Waals surface area contributed by atoms with E-state index in [0.29, 0.717) is 6.54 Å². The molecule has 0 aliphatic rings. The van der Waals surface area contributed by atoms with Crippen LogP contribution in [0.15, 0.2) is 24.3 Å². The number of rotatable bonds is 5. The van der Waals surface area contributed by atoms with Gasteiger partial charge < -0.3 is 15.2 Å². The van der Waals surface area contributed by atoms with Crippen LogP contribution in [-0.4, -0.2) is 19.8 Å². The van der Waals surface area contributed by atoms with Crippen molar-refractivity contribution in [1.82, 2.24) is 0 Å². The lowest BCUT2D eigenvalue weighted by molar-refractivity contribution is 0.0119. The highest BCUT2D eigenvalue weighted by molar-refractivity contribution is 5.30. The van der Waals surface area contributed by atoms with Gasteiger partial charge in [-0.05, 0) is 31.5 Å². The number of hydrogen-bond donors (Lipinski definition) is 1. The second-order valence-corrected chi connectivity index (χ2v) is 3.69. The summed E-state index contributed by atoms with van der Waals surface area (Å²) in [7, 11) is 1.65. The zero-order valence-electron chi connectivity index (χ0n) is 9.57. The Morgan fingerprint density at radius 2 is 2.07 bits per heavy atom. The van der Waals surface area contributed by atoms with Crippen LogP contribution in [0, 0.1) is 0 Å². The third-order valence-electron chi connectivity index (χ3n) is 2.12. The molecule has 2 N–H and O–H groups in total. The average Bonchev–Trinajstić information content (AvgIpc) is 2.25. The minimum absolute atomic E-state index is 0.0555. The van der Waals surface area contributed by atoms with Crippen molar-refractivity contribution in [3.63, 3.8) is 0 Å². The molecule has 84 valence electrons. The summed E-state index contributed by atoms with van der Waals surface area (Å²) in [6.07, 6.45) is 0.116. The van der Waals surface area contributed by atoms with Crippen molar-refractivity contribution in [3.05, 3.63) is 29.8 Å². The van der Waals surface area contributed by atoms with Gasteiger partial charge in [-0.2, -0.15) is 0 Å². The molecule has 0 aromatic heterocycles. The van der Waals surface area contributed by atoms with Crippen LogP contribution >= 0.6 is 0 Å². The van der Waals surface area contributed by atoms with Gasteiger partial charge in [0.15, 0.2) is 0 Å². The van der Waals surface area contributed by atoms with Gasteiger partial charge in [-0.1, -0.05) is 12.1 Å². The molecule has 1 atom stereocenters. The van der Waals surface area contributed by atoms with Crippen LogP contribution in [0.1, 0.15) is 25.5 Å². The van der Waals surface area contributed by atoms with Gasteiger partial charge in [0, 0.05) is 6.54 Å². The summed E-state index contributed by atoms with van der Waals surface area (Å²) in [6.45, 7) is 4.48. The lowest BCUT2D eigenvalue weighted by atomic mass is 10.1. The normalized spacial score (nSPS) is 12.9. The summed E-state index contributed by atoms with van der Waals surface area (Å²) >= 11 is 0. The quantitative estimate of drug-likeness (QED) is 0.807. The van der Waals surface area contributed by atoms with Gasteiger partial charge in [0.05, 0.1) is 19.3 Å². The molecule has 0 aliphatic heterocycles. The maximum absolute atomic E-state index is 5.70. The standard InChI is InChI=1S/C12H19NO2/c1-9(2)15-12(8-13)10-5-4-6-11(7-10)14-3/h4-7,9,12H,8,13H2,1-3H3. The fourth-order valence-electron chi connectivity index (χ4n) is 1.44. The summed E-state index contributed by atoms with van der Waals surface area (Å²) in [5.41, 5.74) is 6.74. The molecule has 0 aliphatic carbocycles. The van der Waals surface area contributed by atoms with Crippen LogP contribution in [0.4, 0.5) is 0 Å². The molecule has 0 spiro atoms. The summed E-state index contributed by atoms with van der Waals surface area (Å²) in [5.74, 6) is 0.832. The van der Waals surface area contributed by atoms with Crippen LogP contribution in [0.5, 0.6) is 5.75 Å². The highest BCUT2D eigenvalue weighted by atomic mass is 16.5. The first-order chi connectivity index (χ1) is 7.17. The molecule has 0 saturated carbocycles. The number of ether oxygens (including phenoxy) is 2. The van der Waals surface area contributed by atoms with Gasteiger partial charge in [-0.25, -0.2) is 0 Å². The van der Waals surface area contributed by atoms with Gasteiger partial charge in [0.1, 0.15) is 5.75 Å². The molecule has 3 heteroatoms. The molecule has 0 saturated heterocycles. The van der Waals surface area contributed by atoms with E-state index in [-0.39, 0.29) is 12.2 Å². The SMILES string of the molecule is COc1cccc(C(CN)OC(C)C)c1. The maximum atomic E-state index is 5.70. The van der Waals surface area contributed by atoms with Crippen molar-refractivity contribution in [2.45, 2.75) is 26.1 Å². The fraction of sp³-hybridized carbons (Fsp3) is 0.500. The summed E-state index contributed by atoms with van der Waals surface area (Å²) < 4.78 is 10.9. The van der Waals surface area contributed by atoms with Crippen LogP contribution < -0.4 is 10.5 Å². The Hall–Kier alpha value is -1.06. The first kappa shape index (κ1) is 12.0. The predicted molar refractivity (Wildman–Crippen MR) is 61.0 cm³/mol. The van der Waals surface area contributed by atoms with Crippen molar-refractivity contribution in [2.24, 2.45) is 5.73 Å². The van der Waals surface area contributed by atoms with Crippen LogP contribution in [0.25, 0.3) is 0 Å². The Morgan fingerprint density at radius 1 is 1.33 bits per heavy atom. The van der Waals surface area contributed by atoms with Gasteiger partial charge in [0.2, 0.25) is 0 Å². The molecular formula is C12H19NO2. The minimum Gasteiger partial charge on any atom is -0.497 e. The van der Waals surface area contributed by atoms with Crippen molar-refractivity contribution >= 4 is 0 Å². The van der Waals surface area contributed by atoms with E-state index < -0.39 is 0 Å². The molecule has 3 nitrogen and oxygen atoms in total. The lowest BCUT2D eigenvalue weighted by Gasteiger charge is -2.19. The summed E-state index contributed by atoms with van der Waals surface area (Å²) in [5, 5.41) is 0. The van der Waals surface area contributed by atoms with Crippen LogP contribution in [0.3, 0.4) is 0 Å². The van der Waals surface area contributed by atoms with E-state index >= 15 is 0 Å². The Morgan fingerprint density at radius 3 is 2.60 bits per heavy atom. The van der Waals surface area contributed by atoms with Gasteiger partial charge in [0.25, 0.3) is 0 Å². The molecule has 0 heterocycles. The van der Waals surface area contributed by atoms with Crippen molar-refractivity contribution in [3.8, 4) is 5.75 Å². The van der Waals surface area contributed by atoms with E-state index in [1.54, 1.807) is 7.11 Å². The minimum atomic E-state index is -0.0555. The average molecular weight is 209 g/mol. The Bertz CT molecular complexity index is 299. The van der Waals surface area contributed by atoms with E-state index in [2.05, 4.69) is 0 Å². The van der Waals surface area contributed by atoms with Gasteiger partial charge in [-0.15, -0.1) is 0 Å². The molecular weight excluding hydrogens is 190 g/mol. The molecule has 0 amide bonds. The first-order valence-corrected chi connectivity index (χ1v) is 5.17. The summed E-state index contributed by atoms with van der Waals surface area (Å²) in [4.78, 5) is 0. The molecule has 0 radical (unpaired) electrons. The van der Waals surface area contributed by atoms with Crippen LogP contribution in [-0.2, 0) is 4.74 Å². The lowest BCUT2D eigenvalue weighted by Crippen LogP contribution is -2.19. The zero-order valence-corrected chi connectivity index (χ0v) is 9.57.